The molecule has 0 fully saturated rings. The first-order valence-electron chi connectivity index (χ1n) is 12.4. The van der Waals surface area contributed by atoms with Crippen molar-refractivity contribution < 1.29 is 9.15 Å². The minimum atomic E-state index is -0.309. The van der Waals surface area contributed by atoms with Gasteiger partial charge in [0, 0.05) is 22.9 Å². The summed E-state index contributed by atoms with van der Waals surface area (Å²) in [6, 6.07) is 26.2. The van der Waals surface area contributed by atoms with E-state index in [4.69, 9.17) is 9.15 Å². The Morgan fingerprint density at radius 3 is 2.31 bits per heavy atom. The lowest BCUT2D eigenvalue weighted by molar-refractivity contribution is 0.249. The molecule has 3 heteroatoms. The Morgan fingerprint density at radius 1 is 0.857 bits per heavy atom. The van der Waals surface area contributed by atoms with Gasteiger partial charge in [0.2, 0.25) is 0 Å². The number of hydrogen-bond acceptors (Lipinski definition) is 3. The van der Waals surface area contributed by atoms with Gasteiger partial charge in [-0.15, -0.1) is 0 Å². The van der Waals surface area contributed by atoms with E-state index < -0.39 is 0 Å². The predicted molar refractivity (Wildman–Crippen MR) is 144 cm³/mol. The zero-order chi connectivity index (χ0) is 24.0. The van der Waals surface area contributed by atoms with E-state index in [0.29, 0.717) is 5.58 Å². The molecule has 5 rings (SSSR count). The lowest BCUT2D eigenvalue weighted by Gasteiger charge is -2.16. The van der Waals surface area contributed by atoms with E-state index in [9.17, 15) is 4.79 Å². The summed E-state index contributed by atoms with van der Waals surface area (Å²) in [7, 11) is 0. The maximum Gasteiger partial charge on any atom is 0.336 e. The number of aryl methyl sites for hydroxylation is 1. The molecule has 0 N–H and O–H groups in total. The fourth-order valence-corrected chi connectivity index (χ4v) is 4.90. The summed E-state index contributed by atoms with van der Waals surface area (Å²) in [6.07, 6.45) is 12.8. The third-order valence-electron chi connectivity index (χ3n) is 6.67. The molecule has 0 bridgehead atoms. The minimum Gasteiger partial charge on any atom is -0.485 e. The van der Waals surface area contributed by atoms with Gasteiger partial charge < -0.3 is 9.15 Å². The van der Waals surface area contributed by atoms with Crippen LogP contribution >= 0.6 is 0 Å². The zero-order valence-corrected chi connectivity index (χ0v) is 20.0. The average molecular weight is 463 g/mol. The van der Waals surface area contributed by atoms with Crippen LogP contribution in [0.15, 0.2) is 100 Å². The van der Waals surface area contributed by atoms with Crippen LogP contribution in [0.3, 0.4) is 0 Å². The number of unbranched alkanes of at least 4 members (excludes halogenated alkanes) is 2. The highest BCUT2D eigenvalue weighted by Gasteiger charge is 2.35. The maximum absolute atomic E-state index is 12.2. The van der Waals surface area contributed by atoms with Crippen LogP contribution in [0.4, 0.5) is 0 Å². The SMILES string of the molecule is Cc1cc(=O)oc2c3c(ccc12)O[C@@H](/C=C/c1ccccc1)C3CCCC/C=C/c1ccccc1. The molecule has 0 aliphatic carbocycles. The molecule has 2 heterocycles. The van der Waals surface area contributed by atoms with Crippen LogP contribution in [0, 0.1) is 6.92 Å². The van der Waals surface area contributed by atoms with Crippen molar-refractivity contribution in [1.29, 1.82) is 0 Å². The first kappa shape index (κ1) is 22.9. The minimum absolute atomic E-state index is 0.0959. The molecule has 1 aromatic heterocycles. The molecule has 2 atom stereocenters. The van der Waals surface area contributed by atoms with E-state index in [1.165, 1.54) is 5.56 Å². The lowest BCUT2D eigenvalue weighted by Crippen LogP contribution is -2.16. The highest BCUT2D eigenvalue weighted by Crippen LogP contribution is 2.46. The van der Waals surface area contributed by atoms with Crippen LogP contribution in [0.1, 0.15) is 53.9 Å². The van der Waals surface area contributed by atoms with Crippen LogP contribution in [0.5, 0.6) is 5.75 Å². The van der Waals surface area contributed by atoms with Crippen molar-refractivity contribution in [1.82, 2.24) is 0 Å². The normalized spacial score (nSPS) is 17.3. The maximum atomic E-state index is 12.2. The quantitative estimate of drug-likeness (QED) is 0.197. The van der Waals surface area contributed by atoms with Crippen molar-refractivity contribution in [2.24, 2.45) is 0 Å². The van der Waals surface area contributed by atoms with Crippen LogP contribution in [-0.2, 0) is 0 Å². The zero-order valence-electron chi connectivity index (χ0n) is 20.0. The molecule has 35 heavy (non-hydrogen) atoms. The van der Waals surface area contributed by atoms with Crippen molar-refractivity contribution in [3.8, 4) is 5.75 Å². The summed E-state index contributed by atoms with van der Waals surface area (Å²) in [5.74, 6) is 0.958. The molecule has 4 aromatic rings. The van der Waals surface area contributed by atoms with E-state index in [2.05, 4.69) is 60.7 Å². The van der Waals surface area contributed by atoms with Gasteiger partial charge in [-0.25, -0.2) is 4.79 Å². The number of fused-ring (bicyclic) bond motifs is 3. The van der Waals surface area contributed by atoms with Crippen molar-refractivity contribution in [2.45, 2.75) is 44.6 Å². The highest BCUT2D eigenvalue weighted by atomic mass is 16.5. The first-order valence-corrected chi connectivity index (χ1v) is 12.4. The van der Waals surface area contributed by atoms with Gasteiger partial charge in [-0.05, 0) is 61.1 Å². The van der Waals surface area contributed by atoms with Crippen LogP contribution in [-0.4, -0.2) is 6.10 Å². The van der Waals surface area contributed by atoms with E-state index in [1.807, 2.05) is 43.3 Å². The largest absolute Gasteiger partial charge is 0.485 e. The Labute approximate surface area is 206 Å². The summed E-state index contributed by atoms with van der Waals surface area (Å²) in [5, 5.41) is 0.982. The predicted octanol–water partition coefficient (Wildman–Crippen LogP) is 7.93. The molecule has 0 saturated heterocycles. The van der Waals surface area contributed by atoms with Gasteiger partial charge in [0.15, 0.2) is 0 Å². The van der Waals surface area contributed by atoms with E-state index in [-0.39, 0.29) is 17.6 Å². The molecule has 0 amide bonds. The number of ether oxygens (including phenoxy) is 1. The fourth-order valence-electron chi connectivity index (χ4n) is 4.90. The van der Waals surface area contributed by atoms with Gasteiger partial charge in [0.25, 0.3) is 0 Å². The molecule has 3 nitrogen and oxygen atoms in total. The van der Waals surface area contributed by atoms with Gasteiger partial charge in [0.05, 0.1) is 0 Å². The Balaban J connectivity index is 1.36. The number of benzene rings is 3. The molecule has 1 aliphatic rings. The Hall–Kier alpha value is -3.85. The third kappa shape index (κ3) is 5.30. The van der Waals surface area contributed by atoms with E-state index in [0.717, 1.165) is 53.5 Å². The smallest absolute Gasteiger partial charge is 0.336 e. The fraction of sp³-hybridized carbons (Fsp3) is 0.219. The monoisotopic (exact) mass is 462 g/mol. The van der Waals surface area contributed by atoms with Gasteiger partial charge in [-0.1, -0.05) is 85.3 Å². The average Bonchev–Trinajstić information content (AvgIpc) is 3.24. The van der Waals surface area contributed by atoms with Gasteiger partial charge in [-0.3, -0.25) is 0 Å². The standard InChI is InChI=1S/C32H30O3/c1-23-22-30(33)35-32-26(23)19-21-29-31(32)27(28(34-29)20-18-25-15-9-5-10-16-25)17-11-3-2-6-12-24-13-7-4-8-14-24/h4-10,12-16,18-22,27-28H,2-3,11,17H2,1H3/b12-6+,20-18+/t27?,28-/m0/s1. The molecular formula is C32H30O3. The second-order valence-electron chi connectivity index (χ2n) is 9.16. The summed E-state index contributed by atoms with van der Waals surface area (Å²) >= 11 is 0. The number of allylic oxidation sites excluding steroid dienone is 1. The Morgan fingerprint density at radius 2 is 1.57 bits per heavy atom. The van der Waals surface area contributed by atoms with Crippen molar-refractivity contribution in [3.05, 3.63) is 124 Å². The second kappa shape index (κ2) is 10.6. The summed E-state index contributed by atoms with van der Waals surface area (Å²) in [4.78, 5) is 12.2. The molecular weight excluding hydrogens is 432 g/mol. The number of hydrogen-bond donors (Lipinski definition) is 0. The summed E-state index contributed by atoms with van der Waals surface area (Å²) in [6.45, 7) is 1.96. The van der Waals surface area contributed by atoms with Crippen LogP contribution < -0.4 is 10.4 Å². The molecule has 1 unspecified atom stereocenters. The van der Waals surface area contributed by atoms with Crippen molar-refractivity contribution >= 4 is 23.1 Å². The van der Waals surface area contributed by atoms with Crippen LogP contribution in [0.2, 0.25) is 0 Å². The van der Waals surface area contributed by atoms with Crippen molar-refractivity contribution in [3.63, 3.8) is 0 Å². The molecule has 0 spiro atoms. The second-order valence-corrected chi connectivity index (χ2v) is 9.16. The number of rotatable bonds is 8. The summed E-state index contributed by atoms with van der Waals surface area (Å²) < 4.78 is 12.2. The molecule has 176 valence electrons. The Bertz CT molecular complexity index is 1400. The van der Waals surface area contributed by atoms with Crippen molar-refractivity contribution in [2.75, 3.05) is 0 Å². The third-order valence-corrected chi connectivity index (χ3v) is 6.67. The van der Waals surface area contributed by atoms with E-state index >= 15 is 0 Å². The highest BCUT2D eigenvalue weighted by molar-refractivity contribution is 5.86. The van der Waals surface area contributed by atoms with Crippen LogP contribution in [0.25, 0.3) is 23.1 Å². The molecule has 1 aliphatic heterocycles. The Kier molecular flexibility index (Phi) is 6.94. The molecule has 3 aromatic carbocycles. The van der Waals surface area contributed by atoms with Gasteiger partial charge >= 0.3 is 5.63 Å². The van der Waals surface area contributed by atoms with E-state index in [1.54, 1.807) is 6.07 Å². The molecule has 0 saturated carbocycles. The lowest BCUT2D eigenvalue weighted by atomic mass is 9.88. The molecule has 0 radical (unpaired) electrons. The van der Waals surface area contributed by atoms with Gasteiger partial charge in [0.1, 0.15) is 17.4 Å². The topological polar surface area (TPSA) is 39.4 Å². The summed E-state index contributed by atoms with van der Waals surface area (Å²) in [5.41, 5.74) is 4.71. The first-order chi connectivity index (χ1) is 17.2. The van der Waals surface area contributed by atoms with Gasteiger partial charge in [-0.2, -0.15) is 0 Å².